The second-order valence-electron chi connectivity index (χ2n) is 6.92. The molecule has 0 N–H and O–H groups in total. The maximum Gasteiger partial charge on any atom is 0.337 e. The Morgan fingerprint density at radius 3 is 2.52 bits per heavy atom. The molecule has 0 spiro atoms. The summed E-state index contributed by atoms with van der Waals surface area (Å²) in [4.78, 5) is 12.6. The number of aryl methyl sites for hydroxylation is 2. The summed E-state index contributed by atoms with van der Waals surface area (Å²) in [5, 5.41) is 0.593. The number of carbonyl (C=O) groups excluding carboxylic acids is 1. The molecule has 0 radical (unpaired) electrons. The average molecular weight is 383 g/mol. The number of fused-ring (bicyclic) bond motifs is 3. The Bertz CT molecular complexity index is 1140. The number of carbonyl (C=O) groups is 1. The highest BCUT2D eigenvalue weighted by Crippen LogP contribution is 2.37. The molecule has 1 aliphatic heterocycles. The zero-order valence-electron chi connectivity index (χ0n) is 15.4. The van der Waals surface area contributed by atoms with E-state index in [4.69, 9.17) is 4.74 Å². The number of rotatable bonds is 3. The third-order valence-electron chi connectivity index (χ3n) is 5.19. The SMILES string of the molecule is COC(=O)c1ccc2c(c1)c(S(=O)(=O)c1ccc(C)cc1)c1n2CCCC1. The number of nitrogens with zero attached hydrogens (tertiary/aromatic N) is 1. The second kappa shape index (κ2) is 6.53. The molecule has 5 nitrogen and oxygen atoms in total. The number of sulfone groups is 1. The van der Waals surface area contributed by atoms with Crippen LogP contribution in [0.4, 0.5) is 0 Å². The number of aromatic nitrogens is 1. The molecule has 4 rings (SSSR count). The first-order valence-corrected chi connectivity index (χ1v) is 10.5. The lowest BCUT2D eigenvalue weighted by Gasteiger charge is -2.17. The van der Waals surface area contributed by atoms with Gasteiger partial charge in [-0.15, -0.1) is 0 Å². The summed E-state index contributed by atoms with van der Waals surface area (Å²) < 4.78 is 33.9. The van der Waals surface area contributed by atoms with Crippen molar-refractivity contribution in [2.45, 2.75) is 42.5 Å². The fourth-order valence-corrected chi connectivity index (χ4v) is 5.53. The lowest BCUT2D eigenvalue weighted by Crippen LogP contribution is -2.13. The van der Waals surface area contributed by atoms with Crippen molar-refractivity contribution in [1.82, 2.24) is 4.57 Å². The third-order valence-corrected chi connectivity index (χ3v) is 7.07. The monoisotopic (exact) mass is 383 g/mol. The van der Waals surface area contributed by atoms with E-state index in [2.05, 4.69) is 4.57 Å². The number of methoxy groups -OCH3 is 1. The van der Waals surface area contributed by atoms with Gasteiger partial charge in [0.1, 0.15) is 4.90 Å². The molecule has 1 aromatic heterocycles. The van der Waals surface area contributed by atoms with Crippen molar-refractivity contribution in [3.05, 3.63) is 59.3 Å². The van der Waals surface area contributed by atoms with Crippen molar-refractivity contribution in [2.24, 2.45) is 0 Å². The van der Waals surface area contributed by atoms with Gasteiger partial charge in [-0.1, -0.05) is 17.7 Å². The molecule has 1 aliphatic rings. The van der Waals surface area contributed by atoms with Crippen molar-refractivity contribution in [1.29, 1.82) is 0 Å². The molecule has 0 saturated heterocycles. The Morgan fingerprint density at radius 1 is 1.07 bits per heavy atom. The van der Waals surface area contributed by atoms with Crippen molar-refractivity contribution in [3.8, 4) is 0 Å². The van der Waals surface area contributed by atoms with Crippen LogP contribution in [0.1, 0.15) is 34.5 Å². The summed E-state index contributed by atoms with van der Waals surface area (Å²) in [5.74, 6) is -0.472. The van der Waals surface area contributed by atoms with E-state index in [1.165, 1.54) is 7.11 Å². The first-order chi connectivity index (χ1) is 12.9. The van der Waals surface area contributed by atoms with Crippen LogP contribution in [0.5, 0.6) is 0 Å². The van der Waals surface area contributed by atoms with Gasteiger partial charge < -0.3 is 9.30 Å². The highest BCUT2D eigenvalue weighted by Gasteiger charge is 2.30. The second-order valence-corrected chi connectivity index (χ2v) is 8.81. The fourth-order valence-electron chi connectivity index (χ4n) is 3.82. The first kappa shape index (κ1) is 17.8. The minimum absolute atomic E-state index is 0.275. The van der Waals surface area contributed by atoms with E-state index >= 15 is 0 Å². The van der Waals surface area contributed by atoms with Crippen LogP contribution in [0.15, 0.2) is 52.3 Å². The van der Waals surface area contributed by atoms with Gasteiger partial charge in [0, 0.05) is 23.1 Å². The zero-order chi connectivity index (χ0) is 19.2. The van der Waals surface area contributed by atoms with Crippen molar-refractivity contribution >= 4 is 26.7 Å². The predicted molar refractivity (Wildman–Crippen MR) is 103 cm³/mol. The smallest absolute Gasteiger partial charge is 0.337 e. The molecule has 140 valence electrons. The molecule has 0 atom stereocenters. The van der Waals surface area contributed by atoms with Gasteiger partial charge >= 0.3 is 5.97 Å². The summed E-state index contributed by atoms with van der Waals surface area (Å²) in [6, 6.07) is 12.1. The van der Waals surface area contributed by atoms with Crippen LogP contribution in [-0.4, -0.2) is 26.1 Å². The lowest BCUT2D eigenvalue weighted by atomic mass is 10.1. The molecule has 27 heavy (non-hydrogen) atoms. The highest BCUT2D eigenvalue weighted by atomic mass is 32.2. The van der Waals surface area contributed by atoms with Gasteiger partial charge in [-0.3, -0.25) is 0 Å². The van der Waals surface area contributed by atoms with Gasteiger partial charge in [0.2, 0.25) is 9.84 Å². The molecule has 0 bridgehead atoms. The molecule has 0 unspecified atom stereocenters. The third kappa shape index (κ3) is 2.84. The van der Waals surface area contributed by atoms with E-state index in [-0.39, 0.29) is 4.90 Å². The van der Waals surface area contributed by atoms with Crippen molar-refractivity contribution < 1.29 is 17.9 Å². The van der Waals surface area contributed by atoms with E-state index in [9.17, 15) is 13.2 Å². The molecule has 2 aromatic carbocycles. The molecular weight excluding hydrogens is 362 g/mol. The van der Waals surface area contributed by atoms with E-state index in [0.29, 0.717) is 22.3 Å². The molecule has 0 fully saturated rings. The molecular formula is C21H21NO4S. The van der Waals surface area contributed by atoms with Crippen LogP contribution in [-0.2, 0) is 27.5 Å². The van der Waals surface area contributed by atoms with E-state index in [1.807, 2.05) is 13.0 Å². The number of esters is 1. The topological polar surface area (TPSA) is 65.4 Å². The van der Waals surface area contributed by atoms with Crippen LogP contribution >= 0.6 is 0 Å². The van der Waals surface area contributed by atoms with Gasteiger partial charge in [-0.25, -0.2) is 13.2 Å². The molecule has 0 aliphatic carbocycles. The Balaban J connectivity index is 2.03. The lowest BCUT2D eigenvalue weighted by molar-refractivity contribution is 0.0601. The van der Waals surface area contributed by atoms with Crippen LogP contribution in [0.2, 0.25) is 0 Å². The summed E-state index contributed by atoms with van der Waals surface area (Å²) in [6.07, 6.45) is 2.68. The molecule has 0 amide bonds. The summed E-state index contributed by atoms with van der Waals surface area (Å²) in [5.41, 5.74) is 3.04. The number of ether oxygens (including phenoxy) is 1. The normalized spacial score (nSPS) is 14.1. The molecule has 0 saturated carbocycles. The Labute approximate surface area is 158 Å². The number of hydrogen-bond acceptors (Lipinski definition) is 4. The van der Waals surface area contributed by atoms with E-state index in [1.54, 1.807) is 36.4 Å². The van der Waals surface area contributed by atoms with Crippen molar-refractivity contribution in [3.63, 3.8) is 0 Å². The van der Waals surface area contributed by atoms with Crippen LogP contribution in [0.3, 0.4) is 0 Å². The number of hydrogen-bond donors (Lipinski definition) is 0. The minimum Gasteiger partial charge on any atom is -0.465 e. The van der Waals surface area contributed by atoms with Crippen molar-refractivity contribution in [2.75, 3.05) is 7.11 Å². The standard InChI is InChI=1S/C21H21NO4S/c1-14-6-9-16(10-7-14)27(24,25)20-17-13-15(21(23)26-2)8-11-18(17)22-12-4-3-5-19(20)22/h6-11,13H,3-5,12H2,1-2H3. The predicted octanol–water partition coefficient (Wildman–Crippen LogP) is 3.91. The molecule has 3 aromatic rings. The Morgan fingerprint density at radius 2 is 1.81 bits per heavy atom. The largest absolute Gasteiger partial charge is 0.465 e. The van der Waals surface area contributed by atoms with E-state index in [0.717, 1.165) is 36.2 Å². The Kier molecular flexibility index (Phi) is 4.30. The van der Waals surface area contributed by atoms with Gasteiger partial charge in [0.05, 0.1) is 17.6 Å². The van der Waals surface area contributed by atoms with Gasteiger partial charge in [-0.05, 0) is 56.5 Å². The maximum absolute atomic E-state index is 13.5. The summed E-state index contributed by atoms with van der Waals surface area (Å²) in [7, 11) is -2.38. The number of benzene rings is 2. The van der Waals surface area contributed by atoms with Gasteiger partial charge in [0.25, 0.3) is 0 Å². The average Bonchev–Trinajstić information content (AvgIpc) is 3.02. The summed E-state index contributed by atoms with van der Waals surface area (Å²) in [6.45, 7) is 2.71. The minimum atomic E-state index is -3.70. The Hall–Kier alpha value is -2.60. The highest BCUT2D eigenvalue weighted by molar-refractivity contribution is 7.91. The zero-order valence-corrected chi connectivity index (χ0v) is 16.2. The summed E-state index contributed by atoms with van der Waals surface area (Å²) >= 11 is 0. The van der Waals surface area contributed by atoms with E-state index < -0.39 is 15.8 Å². The fraction of sp³-hybridized carbons (Fsp3) is 0.286. The van der Waals surface area contributed by atoms with Gasteiger partial charge in [-0.2, -0.15) is 0 Å². The van der Waals surface area contributed by atoms with Crippen LogP contribution in [0.25, 0.3) is 10.9 Å². The first-order valence-electron chi connectivity index (χ1n) is 8.98. The van der Waals surface area contributed by atoms with Gasteiger partial charge in [0.15, 0.2) is 0 Å². The maximum atomic E-state index is 13.5. The quantitative estimate of drug-likeness (QED) is 0.643. The molecule has 2 heterocycles. The van der Waals surface area contributed by atoms with Crippen LogP contribution in [0, 0.1) is 6.92 Å². The molecule has 6 heteroatoms. The van der Waals surface area contributed by atoms with Crippen LogP contribution < -0.4 is 0 Å².